The van der Waals surface area contributed by atoms with Gasteiger partial charge in [-0.1, -0.05) is 6.08 Å². The van der Waals surface area contributed by atoms with Crippen molar-refractivity contribution in [1.82, 2.24) is 0 Å². The van der Waals surface area contributed by atoms with Gasteiger partial charge in [-0.25, -0.2) is 4.79 Å². The maximum absolute atomic E-state index is 10.3. The summed E-state index contributed by atoms with van der Waals surface area (Å²) >= 11 is 0. The lowest BCUT2D eigenvalue weighted by Crippen LogP contribution is -2.35. The number of carboxylic acid groups (broad SMARTS) is 1. The summed E-state index contributed by atoms with van der Waals surface area (Å²) in [5.74, 6) is -1.22. The highest BCUT2D eigenvalue weighted by Gasteiger charge is 2.30. The zero-order valence-corrected chi connectivity index (χ0v) is 6.38. The summed E-state index contributed by atoms with van der Waals surface area (Å²) in [5, 5.41) is 17.6. The van der Waals surface area contributed by atoms with Crippen LogP contribution >= 0.6 is 0 Å². The van der Waals surface area contributed by atoms with Crippen LogP contribution in [0.25, 0.3) is 0 Å². The molecule has 2 N–H and O–H groups in total. The summed E-state index contributed by atoms with van der Waals surface area (Å²) in [6, 6.07) is 0. The van der Waals surface area contributed by atoms with Crippen molar-refractivity contribution in [3.8, 4) is 0 Å². The van der Waals surface area contributed by atoms with Crippen molar-refractivity contribution in [3.05, 3.63) is 11.6 Å². The average Bonchev–Trinajstić information content (AvgIpc) is 1.86. The molecule has 0 spiro atoms. The maximum atomic E-state index is 10.3. The number of carboxylic acids is 1. The van der Waals surface area contributed by atoms with E-state index in [1.165, 1.54) is 6.92 Å². The van der Waals surface area contributed by atoms with E-state index in [2.05, 4.69) is 0 Å². The normalized spacial score (nSPS) is 18.2. The Hall–Kier alpha value is -0.830. The summed E-state index contributed by atoms with van der Waals surface area (Å²) in [7, 11) is 0. The van der Waals surface area contributed by atoms with Crippen molar-refractivity contribution in [1.29, 1.82) is 0 Å². The van der Waals surface area contributed by atoms with Crippen molar-refractivity contribution in [2.45, 2.75) is 26.4 Å². The Labute approximate surface area is 60.0 Å². The topological polar surface area (TPSA) is 57.5 Å². The standard InChI is InChI=1S/C7H12O3/c1-4-5(2)7(3,10)6(8)9/h4,10H,1-3H3,(H,8,9). The van der Waals surface area contributed by atoms with Crippen LogP contribution in [-0.4, -0.2) is 21.8 Å². The van der Waals surface area contributed by atoms with E-state index in [-0.39, 0.29) is 0 Å². The van der Waals surface area contributed by atoms with Crippen LogP contribution in [0, 0.1) is 0 Å². The second-order valence-corrected chi connectivity index (χ2v) is 2.35. The first kappa shape index (κ1) is 9.17. The molecule has 0 radical (unpaired) electrons. The third-order valence-electron chi connectivity index (χ3n) is 1.62. The Morgan fingerprint density at radius 2 is 2.00 bits per heavy atom. The number of hydrogen-bond donors (Lipinski definition) is 2. The monoisotopic (exact) mass is 144 g/mol. The lowest BCUT2D eigenvalue weighted by Gasteiger charge is -2.17. The lowest BCUT2D eigenvalue weighted by atomic mass is 9.98. The molecule has 0 aliphatic carbocycles. The molecule has 0 aromatic carbocycles. The van der Waals surface area contributed by atoms with Gasteiger partial charge < -0.3 is 10.2 Å². The van der Waals surface area contributed by atoms with Gasteiger partial charge in [-0.3, -0.25) is 0 Å². The highest BCUT2D eigenvalue weighted by atomic mass is 16.4. The van der Waals surface area contributed by atoms with Crippen LogP contribution in [0.2, 0.25) is 0 Å². The minimum atomic E-state index is -1.71. The Balaban J connectivity index is 4.56. The Bertz CT molecular complexity index is 168. The summed E-state index contributed by atoms with van der Waals surface area (Å²) < 4.78 is 0. The lowest BCUT2D eigenvalue weighted by molar-refractivity contribution is -0.152. The van der Waals surface area contributed by atoms with Gasteiger partial charge in [0.25, 0.3) is 0 Å². The maximum Gasteiger partial charge on any atom is 0.339 e. The zero-order valence-electron chi connectivity index (χ0n) is 6.38. The quantitative estimate of drug-likeness (QED) is 0.563. The van der Waals surface area contributed by atoms with Gasteiger partial charge in [0.1, 0.15) is 0 Å². The Morgan fingerprint density at radius 3 is 2.10 bits per heavy atom. The predicted molar refractivity (Wildman–Crippen MR) is 37.7 cm³/mol. The molecule has 10 heavy (non-hydrogen) atoms. The molecule has 58 valence electrons. The number of allylic oxidation sites excluding steroid dienone is 1. The van der Waals surface area contributed by atoms with Crippen LogP contribution < -0.4 is 0 Å². The van der Waals surface area contributed by atoms with Crippen molar-refractivity contribution < 1.29 is 15.0 Å². The molecule has 3 heteroatoms. The van der Waals surface area contributed by atoms with E-state index in [0.717, 1.165) is 0 Å². The molecular weight excluding hydrogens is 132 g/mol. The van der Waals surface area contributed by atoms with Crippen LogP contribution in [0.5, 0.6) is 0 Å². The van der Waals surface area contributed by atoms with Gasteiger partial charge in [0.15, 0.2) is 5.60 Å². The van der Waals surface area contributed by atoms with Crippen molar-refractivity contribution in [2.75, 3.05) is 0 Å². The first-order valence-electron chi connectivity index (χ1n) is 3.02. The molecule has 0 fully saturated rings. The fourth-order valence-corrected chi connectivity index (χ4v) is 0.450. The van der Waals surface area contributed by atoms with Gasteiger partial charge in [-0.05, 0) is 26.3 Å². The summed E-state index contributed by atoms with van der Waals surface area (Å²) in [6.07, 6.45) is 1.58. The van der Waals surface area contributed by atoms with Crippen LogP contribution in [0.1, 0.15) is 20.8 Å². The fraction of sp³-hybridized carbons (Fsp3) is 0.571. The van der Waals surface area contributed by atoms with Gasteiger partial charge in [0, 0.05) is 0 Å². The second kappa shape index (κ2) is 2.84. The van der Waals surface area contributed by atoms with Gasteiger partial charge in [0.2, 0.25) is 0 Å². The predicted octanol–water partition coefficient (Wildman–Crippen LogP) is 0.788. The fourth-order valence-electron chi connectivity index (χ4n) is 0.450. The Morgan fingerprint density at radius 1 is 1.60 bits per heavy atom. The van der Waals surface area contributed by atoms with Crippen molar-refractivity contribution in [2.24, 2.45) is 0 Å². The minimum absolute atomic E-state index is 0.444. The highest BCUT2D eigenvalue weighted by molar-refractivity contribution is 5.80. The molecule has 0 aromatic rings. The molecule has 0 saturated heterocycles. The molecule has 1 atom stereocenters. The molecule has 0 heterocycles. The van der Waals surface area contributed by atoms with E-state index in [0.29, 0.717) is 5.57 Å². The first-order valence-corrected chi connectivity index (χ1v) is 3.02. The molecule has 0 aliphatic heterocycles. The molecule has 0 saturated carbocycles. The van der Waals surface area contributed by atoms with Crippen molar-refractivity contribution in [3.63, 3.8) is 0 Å². The molecule has 0 aliphatic rings. The summed E-state index contributed by atoms with van der Waals surface area (Å²) in [4.78, 5) is 10.3. The molecular formula is C7H12O3. The number of hydrogen-bond acceptors (Lipinski definition) is 2. The van der Waals surface area contributed by atoms with E-state index in [1.807, 2.05) is 0 Å². The molecule has 1 unspecified atom stereocenters. The third-order valence-corrected chi connectivity index (χ3v) is 1.62. The zero-order chi connectivity index (χ0) is 8.36. The SMILES string of the molecule is CC=C(C)C(C)(O)C(=O)O. The van der Waals surface area contributed by atoms with E-state index in [4.69, 9.17) is 5.11 Å². The summed E-state index contributed by atoms with van der Waals surface area (Å²) in [6.45, 7) is 4.52. The number of aliphatic hydroxyl groups is 1. The largest absolute Gasteiger partial charge is 0.479 e. The van der Waals surface area contributed by atoms with Gasteiger partial charge in [0.05, 0.1) is 0 Å². The number of carbonyl (C=O) groups is 1. The van der Waals surface area contributed by atoms with Crippen LogP contribution in [0.15, 0.2) is 11.6 Å². The third kappa shape index (κ3) is 1.57. The average molecular weight is 144 g/mol. The first-order chi connectivity index (χ1) is 4.42. The van der Waals surface area contributed by atoms with E-state index in [9.17, 15) is 9.90 Å². The molecule has 0 amide bonds. The molecule has 0 bridgehead atoms. The van der Waals surface area contributed by atoms with Gasteiger partial charge in [-0.15, -0.1) is 0 Å². The molecule has 3 nitrogen and oxygen atoms in total. The van der Waals surface area contributed by atoms with Crippen LogP contribution in [0.3, 0.4) is 0 Å². The van der Waals surface area contributed by atoms with E-state index >= 15 is 0 Å². The van der Waals surface area contributed by atoms with Crippen LogP contribution in [0.4, 0.5) is 0 Å². The Kier molecular flexibility index (Phi) is 2.60. The van der Waals surface area contributed by atoms with Crippen LogP contribution in [-0.2, 0) is 4.79 Å². The number of rotatable bonds is 2. The molecule has 0 rings (SSSR count). The summed E-state index contributed by atoms with van der Waals surface area (Å²) in [5.41, 5.74) is -1.27. The second-order valence-electron chi connectivity index (χ2n) is 2.35. The van der Waals surface area contributed by atoms with E-state index in [1.54, 1.807) is 19.9 Å². The van der Waals surface area contributed by atoms with Gasteiger partial charge >= 0.3 is 5.97 Å². The number of aliphatic carboxylic acids is 1. The highest BCUT2D eigenvalue weighted by Crippen LogP contribution is 2.14. The smallest absolute Gasteiger partial charge is 0.339 e. The molecule has 0 aromatic heterocycles. The minimum Gasteiger partial charge on any atom is -0.479 e. The van der Waals surface area contributed by atoms with E-state index < -0.39 is 11.6 Å². The van der Waals surface area contributed by atoms with Crippen molar-refractivity contribution >= 4 is 5.97 Å². The van der Waals surface area contributed by atoms with Gasteiger partial charge in [-0.2, -0.15) is 0 Å².